The Morgan fingerprint density at radius 1 is 1.07 bits per heavy atom. The van der Waals surface area contributed by atoms with Crippen molar-refractivity contribution in [2.75, 3.05) is 26.3 Å². The zero-order valence-electron chi connectivity index (χ0n) is 10.8. The summed E-state index contributed by atoms with van der Waals surface area (Å²) in [5, 5.41) is 21.5. The Morgan fingerprint density at radius 3 is 1.87 bits per heavy atom. The van der Waals surface area contributed by atoms with E-state index >= 15 is 0 Å². The lowest BCUT2D eigenvalue weighted by Crippen LogP contribution is -2.40. The van der Waals surface area contributed by atoms with Gasteiger partial charge in [-0.25, -0.2) is 0 Å². The molecule has 0 saturated heterocycles. The number of aliphatic hydroxyl groups excluding tert-OH is 2. The highest BCUT2D eigenvalue weighted by molar-refractivity contribution is 4.77. The first-order valence-electron chi connectivity index (χ1n) is 5.67. The Kier molecular flexibility index (Phi) is 5.78. The molecule has 0 bridgehead atoms. The molecule has 0 aromatic carbocycles. The highest BCUT2D eigenvalue weighted by Crippen LogP contribution is 2.24. The summed E-state index contributed by atoms with van der Waals surface area (Å²) in [7, 11) is 0. The Bertz CT molecular complexity index is 171. The largest absolute Gasteiger partial charge is 0.396 e. The van der Waals surface area contributed by atoms with Gasteiger partial charge in [-0.1, -0.05) is 34.6 Å². The van der Waals surface area contributed by atoms with Crippen molar-refractivity contribution in [2.45, 2.75) is 34.6 Å². The monoisotopic (exact) mass is 217 g/mol. The van der Waals surface area contributed by atoms with Crippen LogP contribution in [0.5, 0.6) is 0 Å². The predicted molar refractivity (Wildman–Crippen MR) is 63.8 cm³/mol. The summed E-state index contributed by atoms with van der Waals surface area (Å²) in [5.74, 6) is 0.569. The molecule has 1 unspecified atom stereocenters. The number of nitrogens with one attached hydrogen (secondary N) is 1. The van der Waals surface area contributed by atoms with Gasteiger partial charge in [0.15, 0.2) is 0 Å². The van der Waals surface area contributed by atoms with Gasteiger partial charge in [-0.15, -0.1) is 0 Å². The van der Waals surface area contributed by atoms with Crippen molar-refractivity contribution in [3.05, 3.63) is 0 Å². The van der Waals surface area contributed by atoms with Crippen LogP contribution in [0.15, 0.2) is 0 Å². The third kappa shape index (κ3) is 5.50. The van der Waals surface area contributed by atoms with Crippen molar-refractivity contribution in [1.82, 2.24) is 5.32 Å². The quantitative estimate of drug-likeness (QED) is 0.627. The molecular formula is C12H27NO2. The maximum atomic E-state index is 9.11. The highest BCUT2D eigenvalue weighted by atomic mass is 16.3. The topological polar surface area (TPSA) is 52.5 Å². The van der Waals surface area contributed by atoms with Gasteiger partial charge in [0.05, 0.1) is 13.2 Å². The molecule has 0 rings (SSSR count). The second-order valence-electron chi connectivity index (χ2n) is 6.02. The van der Waals surface area contributed by atoms with Crippen LogP contribution in [0.2, 0.25) is 0 Å². The first-order chi connectivity index (χ1) is 6.75. The number of hydrogen-bond acceptors (Lipinski definition) is 3. The summed E-state index contributed by atoms with van der Waals surface area (Å²) in [6.45, 7) is 12.3. The molecule has 3 N–H and O–H groups in total. The van der Waals surface area contributed by atoms with E-state index in [9.17, 15) is 0 Å². The lowest BCUT2D eigenvalue weighted by molar-refractivity contribution is 0.0676. The summed E-state index contributed by atoms with van der Waals surface area (Å²) in [4.78, 5) is 0. The smallest absolute Gasteiger partial charge is 0.0518 e. The van der Waals surface area contributed by atoms with E-state index in [0.717, 1.165) is 6.54 Å². The fourth-order valence-electron chi connectivity index (χ4n) is 1.06. The van der Waals surface area contributed by atoms with E-state index in [1.54, 1.807) is 0 Å². The van der Waals surface area contributed by atoms with E-state index in [1.807, 2.05) is 6.92 Å². The van der Waals surface area contributed by atoms with Crippen molar-refractivity contribution in [2.24, 2.45) is 16.7 Å². The fourth-order valence-corrected chi connectivity index (χ4v) is 1.06. The Labute approximate surface area is 93.9 Å². The number of hydrogen-bond donors (Lipinski definition) is 3. The molecule has 0 radical (unpaired) electrons. The van der Waals surface area contributed by atoms with Crippen molar-refractivity contribution >= 4 is 0 Å². The second-order valence-corrected chi connectivity index (χ2v) is 6.02. The fraction of sp³-hybridized carbons (Fsp3) is 1.00. The van der Waals surface area contributed by atoms with Crippen molar-refractivity contribution in [3.63, 3.8) is 0 Å². The average molecular weight is 217 g/mol. The van der Waals surface area contributed by atoms with Crippen LogP contribution in [0.4, 0.5) is 0 Å². The van der Waals surface area contributed by atoms with Crippen molar-refractivity contribution in [3.8, 4) is 0 Å². The molecule has 0 fully saturated rings. The molecule has 0 heterocycles. The van der Waals surface area contributed by atoms with Gasteiger partial charge in [0.2, 0.25) is 0 Å². The molecular weight excluding hydrogens is 190 g/mol. The summed E-state index contributed by atoms with van der Waals surface area (Å²) in [6, 6.07) is 0. The molecule has 0 aromatic heterocycles. The lowest BCUT2D eigenvalue weighted by atomic mass is 9.82. The molecule has 0 aliphatic carbocycles. The van der Waals surface area contributed by atoms with E-state index < -0.39 is 5.41 Å². The summed E-state index contributed by atoms with van der Waals surface area (Å²) < 4.78 is 0. The SMILES string of the molecule is CC(CNCC(C)(CO)CO)C(C)(C)C. The van der Waals surface area contributed by atoms with Crippen LogP contribution in [0.3, 0.4) is 0 Å². The standard InChI is InChI=1S/C12H27NO2/c1-10(11(2,3)4)6-13-7-12(5,8-14)9-15/h10,13-15H,6-9H2,1-5H3. The van der Waals surface area contributed by atoms with E-state index in [-0.39, 0.29) is 13.2 Å². The molecule has 0 aliphatic heterocycles. The summed E-state index contributed by atoms with van der Waals surface area (Å²) in [6.07, 6.45) is 0. The molecule has 0 saturated carbocycles. The van der Waals surface area contributed by atoms with E-state index in [0.29, 0.717) is 17.9 Å². The molecule has 0 aromatic rings. The van der Waals surface area contributed by atoms with Gasteiger partial charge in [-0.2, -0.15) is 0 Å². The third-order valence-electron chi connectivity index (χ3n) is 3.24. The zero-order chi connectivity index (χ0) is 12.1. The normalized spacial score (nSPS) is 15.4. The van der Waals surface area contributed by atoms with Crippen LogP contribution in [0.25, 0.3) is 0 Å². The van der Waals surface area contributed by atoms with Gasteiger partial charge in [0.1, 0.15) is 0 Å². The van der Waals surface area contributed by atoms with Crippen LogP contribution in [-0.4, -0.2) is 36.5 Å². The molecule has 0 aliphatic rings. The molecule has 0 spiro atoms. The minimum absolute atomic E-state index is 0.0143. The predicted octanol–water partition coefficient (Wildman–Crippen LogP) is 1.25. The number of aliphatic hydroxyl groups is 2. The van der Waals surface area contributed by atoms with Crippen LogP contribution >= 0.6 is 0 Å². The molecule has 3 heteroatoms. The van der Waals surface area contributed by atoms with Gasteiger partial charge >= 0.3 is 0 Å². The van der Waals surface area contributed by atoms with Gasteiger partial charge in [0, 0.05) is 12.0 Å². The maximum absolute atomic E-state index is 9.11. The van der Waals surface area contributed by atoms with E-state index in [1.165, 1.54) is 0 Å². The van der Waals surface area contributed by atoms with Gasteiger partial charge in [-0.05, 0) is 17.9 Å². The Morgan fingerprint density at radius 2 is 1.53 bits per heavy atom. The minimum atomic E-state index is -0.405. The van der Waals surface area contributed by atoms with Gasteiger partial charge in [-0.3, -0.25) is 0 Å². The highest BCUT2D eigenvalue weighted by Gasteiger charge is 2.24. The number of rotatable bonds is 6. The maximum Gasteiger partial charge on any atom is 0.0518 e. The van der Waals surface area contributed by atoms with Crippen molar-refractivity contribution in [1.29, 1.82) is 0 Å². The zero-order valence-corrected chi connectivity index (χ0v) is 10.8. The second kappa shape index (κ2) is 5.83. The molecule has 92 valence electrons. The summed E-state index contributed by atoms with van der Waals surface area (Å²) >= 11 is 0. The Hall–Kier alpha value is -0.120. The third-order valence-corrected chi connectivity index (χ3v) is 3.24. The van der Waals surface area contributed by atoms with Crippen LogP contribution < -0.4 is 5.32 Å². The van der Waals surface area contributed by atoms with E-state index in [4.69, 9.17) is 10.2 Å². The van der Waals surface area contributed by atoms with Gasteiger partial charge in [0.25, 0.3) is 0 Å². The molecule has 0 amide bonds. The van der Waals surface area contributed by atoms with Crippen LogP contribution in [-0.2, 0) is 0 Å². The molecule has 15 heavy (non-hydrogen) atoms. The first-order valence-corrected chi connectivity index (χ1v) is 5.67. The van der Waals surface area contributed by atoms with Gasteiger partial charge < -0.3 is 15.5 Å². The lowest BCUT2D eigenvalue weighted by Gasteiger charge is -2.30. The van der Waals surface area contributed by atoms with Crippen LogP contribution in [0, 0.1) is 16.7 Å². The van der Waals surface area contributed by atoms with Crippen LogP contribution in [0.1, 0.15) is 34.6 Å². The molecule has 3 nitrogen and oxygen atoms in total. The van der Waals surface area contributed by atoms with Crippen molar-refractivity contribution < 1.29 is 10.2 Å². The Balaban J connectivity index is 3.89. The first kappa shape index (κ1) is 14.9. The minimum Gasteiger partial charge on any atom is -0.396 e. The summed E-state index contributed by atoms with van der Waals surface area (Å²) in [5.41, 5.74) is -0.112. The molecule has 1 atom stereocenters. The average Bonchev–Trinajstić information content (AvgIpc) is 2.16. The van der Waals surface area contributed by atoms with E-state index in [2.05, 4.69) is 33.0 Å².